The molecule has 14 heavy (non-hydrogen) atoms. The lowest BCUT2D eigenvalue weighted by Crippen LogP contribution is -2.27. The number of pyridine rings is 1. The molecule has 0 spiro atoms. The first-order valence-electron chi connectivity index (χ1n) is 4.46. The van der Waals surface area contributed by atoms with E-state index in [-0.39, 0.29) is 6.04 Å². The summed E-state index contributed by atoms with van der Waals surface area (Å²) >= 11 is 3.55. The Morgan fingerprint density at radius 2 is 2.36 bits per heavy atom. The minimum absolute atomic E-state index is 0.202. The fraction of sp³-hybridized carbons (Fsp3) is 0.300. The monoisotopic (exact) mass is 253 g/mol. The first kappa shape index (κ1) is 9.68. The second-order valence-electron chi connectivity index (χ2n) is 3.37. The number of hydrogen-bond acceptors (Lipinski definition) is 3. The van der Waals surface area contributed by atoms with E-state index >= 15 is 0 Å². The number of nitrogens with zero attached hydrogens (tertiary/aromatic N) is 2. The zero-order chi connectivity index (χ0) is 10.1. The molecule has 1 N–H and O–H groups in total. The van der Waals surface area contributed by atoms with Gasteiger partial charge in [-0.15, -0.1) is 0 Å². The van der Waals surface area contributed by atoms with Crippen LogP contribution in [0.15, 0.2) is 29.0 Å². The third-order valence-electron chi connectivity index (χ3n) is 2.28. The average Bonchev–Trinajstić information content (AvgIpc) is 2.46. The molecule has 0 saturated heterocycles. The van der Waals surface area contributed by atoms with Crippen molar-refractivity contribution in [1.29, 1.82) is 0 Å². The van der Waals surface area contributed by atoms with E-state index in [1.165, 1.54) is 5.56 Å². The van der Waals surface area contributed by atoms with Gasteiger partial charge in [0.2, 0.25) is 0 Å². The molecular weight excluding hydrogens is 242 g/mol. The highest BCUT2D eigenvalue weighted by molar-refractivity contribution is 9.11. The molecule has 0 aromatic carbocycles. The second-order valence-corrected chi connectivity index (χ2v) is 4.28. The average molecular weight is 254 g/mol. The van der Waals surface area contributed by atoms with Crippen molar-refractivity contribution in [1.82, 2.24) is 15.4 Å². The van der Waals surface area contributed by atoms with Crippen LogP contribution in [-0.4, -0.2) is 17.0 Å². The Morgan fingerprint density at radius 3 is 2.93 bits per heavy atom. The normalized spacial score (nSPS) is 21.2. The summed E-state index contributed by atoms with van der Waals surface area (Å²) in [6, 6.07) is 4.25. The predicted octanol–water partition coefficient (Wildman–Crippen LogP) is 2.12. The fourth-order valence-corrected chi connectivity index (χ4v) is 2.24. The fourth-order valence-electron chi connectivity index (χ4n) is 1.58. The summed E-state index contributed by atoms with van der Waals surface area (Å²) in [6.07, 6.45) is 3.84. The molecule has 0 amide bonds. The van der Waals surface area contributed by atoms with E-state index in [1.54, 1.807) is 0 Å². The highest BCUT2D eigenvalue weighted by atomic mass is 79.9. The highest BCUT2D eigenvalue weighted by Gasteiger charge is 2.23. The molecule has 1 aromatic heterocycles. The van der Waals surface area contributed by atoms with Gasteiger partial charge < -0.3 is 5.01 Å². The smallest absolute Gasteiger partial charge is 0.0859 e. The van der Waals surface area contributed by atoms with Gasteiger partial charge in [0, 0.05) is 29.6 Å². The van der Waals surface area contributed by atoms with E-state index in [0.717, 1.165) is 10.2 Å². The third kappa shape index (κ3) is 1.67. The van der Waals surface area contributed by atoms with E-state index < -0.39 is 0 Å². The number of hydrogen-bond donors (Lipinski definition) is 1. The van der Waals surface area contributed by atoms with Crippen molar-refractivity contribution < 1.29 is 0 Å². The highest BCUT2D eigenvalue weighted by Crippen LogP contribution is 2.31. The van der Waals surface area contributed by atoms with Crippen LogP contribution < -0.4 is 5.43 Å². The lowest BCUT2D eigenvalue weighted by atomic mass is 10.1. The summed E-state index contributed by atoms with van der Waals surface area (Å²) in [4.78, 5) is 4.28. The predicted molar refractivity (Wildman–Crippen MR) is 59.6 cm³/mol. The van der Waals surface area contributed by atoms with Crippen molar-refractivity contribution in [2.45, 2.75) is 13.0 Å². The Morgan fingerprint density at radius 1 is 1.57 bits per heavy atom. The summed E-state index contributed by atoms with van der Waals surface area (Å²) in [7, 11) is 1.98. The number of aromatic nitrogens is 1. The van der Waals surface area contributed by atoms with Crippen LogP contribution >= 0.6 is 15.9 Å². The summed E-state index contributed by atoms with van der Waals surface area (Å²) in [5.74, 6) is 0. The maximum absolute atomic E-state index is 4.28. The standard InChI is InChI=1S/C10H12BrN3/c1-7-8(4-3-5-12-7)10-9(11)6-14(2)13-10/h3-6,10,13H,1-2H3. The lowest BCUT2D eigenvalue weighted by Gasteiger charge is -2.16. The van der Waals surface area contributed by atoms with Gasteiger partial charge in [-0.2, -0.15) is 0 Å². The van der Waals surface area contributed by atoms with Crippen molar-refractivity contribution in [3.8, 4) is 0 Å². The molecule has 0 radical (unpaired) electrons. The van der Waals surface area contributed by atoms with Crippen molar-refractivity contribution in [3.63, 3.8) is 0 Å². The maximum atomic E-state index is 4.28. The van der Waals surface area contributed by atoms with E-state index in [2.05, 4.69) is 32.4 Å². The lowest BCUT2D eigenvalue weighted by molar-refractivity contribution is 0.332. The zero-order valence-electron chi connectivity index (χ0n) is 8.16. The van der Waals surface area contributed by atoms with Crippen LogP contribution in [0.1, 0.15) is 17.3 Å². The minimum Gasteiger partial charge on any atom is -0.317 e. The molecule has 1 unspecified atom stereocenters. The molecule has 0 aliphatic carbocycles. The molecule has 1 aliphatic heterocycles. The minimum atomic E-state index is 0.202. The van der Waals surface area contributed by atoms with E-state index in [0.29, 0.717) is 0 Å². The van der Waals surface area contributed by atoms with Gasteiger partial charge in [-0.1, -0.05) is 22.0 Å². The summed E-state index contributed by atoms with van der Waals surface area (Å²) in [5, 5.41) is 1.95. The van der Waals surface area contributed by atoms with Gasteiger partial charge in [-0.25, -0.2) is 5.43 Å². The van der Waals surface area contributed by atoms with Crippen LogP contribution in [0, 0.1) is 6.92 Å². The van der Waals surface area contributed by atoms with Crippen molar-refractivity contribution in [2.75, 3.05) is 7.05 Å². The molecule has 2 heterocycles. The molecular formula is C10H12BrN3. The summed E-state index contributed by atoms with van der Waals surface area (Å²) in [5.41, 5.74) is 5.58. The number of halogens is 1. The van der Waals surface area contributed by atoms with Crippen LogP contribution in [0.4, 0.5) is 0 Å². The first-order chi connectivity index (χ1) is 6.68. The third-order valence-corrected chi connectivity index (χ3v) is 2.95. The van der Waals surface area contributed by atoms with Crippen molar-refractivity contribution in [2.24, 2.45) is 0 Å². The van der Waals surface area contributed by atoms with Gasteiger partial charge in [0.1, 0.15) is 0 Å². The molecule has 1 aliphatic rings. The van der Waals surface area contributed by atoms with Gasteiger partial charge in [-0.3, -0.25) is 4.98 Å². The molecule has 4 heteroatoms. The summed E-state index contributed by atoms with van der Waals surface area (Å²) < 4.78 is 1.14. The van der Waals surface area contributed by atoms with Crippen LogP contribution in [0.2, 0.25) is 0 Å². The Bertz CT molecular complexity index is 375. The van der Waals surface area contributed by atoms with E-state index in [1.807, 2.05) is 37.4 Å². The molecule has 1 aromatic rings. The van der Waals surface area contributed by atoms with Crippen LogP contribution in [0.25, 0.3) is 0 Å². The number of aryl methyl sites for hydroxylation is 1. The molecule has 0 saturated carbocycles. The van der Waals surface area contributed by atoms with Crippen molar-refractivity contribution in [3.05, 3.63) is 40.3 Å². The Kier molecular flexibility index (Phi) is 2.56. The summed E-state index contributed by atoms with van der Waals surface area (Å²) in [6.45, 7) is 2.02. The topological polar surface area (TPSA) is 28.2 Å². The zero-order valence-corrected chi connectivity index (χ0v) is 9.75. The van der Waals surface area contributed by atoms with Gasteiger partial charge in [0.05, 0.1) is 6.04 Å². The molecule has 3 nitrogen and oxygen atoms in total. The van der Waals surface area contributed by atoms with E-state index in [4.69, 9.17) is 0 Å². The Hall–Kier alpha value is -0.870. The van der Waals surface area contributed by atoms with Gasteiger partial charge >= 0.3 is 0 Å². The largest absolute Gasteiger partial charge is 0.317 e. The molecule has 2 rings (SSSR count). The number of nitrogens with one attached hydrogen (secondary N) is 1. The van der Waals surface area contributed by atoms with Crippen molar-refractivity contribution >= 4 is 15.9 Å². The van der Waals surface area contributed by atoms with E-state index in [9.17, 15) is 0 Å². The van der Waals surface area contributed by atoms with Gasteiger partial charge in [0.25, 0.3) is 0 Å². The Balaban J connectivity index is 2.34. The second kappa shape index (κ2) is 3.71. The number of rotatable bonds is 1. The van der Waals surface area contributed by atoms with Gasteiger partial charge in [-0.05, 0) is 18.6 Å². The SMILES string of the molecule is Cc1ncccc1C1NN(C)C=C1Br. The first-order valence-corrected chi connectivity index (χ1v) is 5.25. The Labute approximate surface area is 91.9 Å². The molecule has 0 bridgehead atoms. The quantitative estimate of drug-likeness (QED) is 0.832. The molecule has 1 atom stereocenters. The van der Waals surface area contributed by atoms with Gasteiger partial charge in [0.15, 0.2) is 0 Å². The van der Waals surface area contributed by atoms with Crippen LogP contribution in [0.5, 0.6) is 0 Å². The molecule has 74 valence electrons. The maximum Gasteiger partial charge on any atom is 0.0859 e. The van der Waals surface area contributed by atoms with Crippen LogP contribution in [-0.2, 0) is 0 Å². The molecule has 0 fully saturated rings. The number of hydrazine groups is 1. The van der Waals surface area contributed by atoms with Crippen LogP contribution in [0.3, 0.4) is 0 Å².